The number of ether oxygens (including phenoxy) is 3. The lowest BCUT2D eigenvalue weighted by Gasteiger charge is -2.57. The van der Waals surface area contributed by atoms with E-state index < -0.39 is 0 Å². The minimum Gasteiger partial charge on any atom is -0.465 e. The monoisotopic (exact) mass is 700 g/mol. The van der Waals surface area contributed by atoms with E-state index in [2.05, 4.69) is 38.2 Å². The van der Waals surface area contributed by atoms with E-state index in [1.165, 1.54) is 83.5 Å². The Kier molecular flexibility index (Phi) is 21.1. The zero-order valence-corrected chi connectivity index (χ0v) is 32.3. The highest BCUT2D eigenvalue weighted by Gasteiger charge is 2.50. The van der Waals surface area contributed by atoms with Gasteiger partial charge in [-0.05, 0) is 133 Å². The average Bonchev–Trinajstić information content (AvgIpc) is 3.07. The molecule has 1 atom stereocenters. The lowest BCUT2D eigenvalue weighted by atomic mass is 9.48. The van der Waals surface area contributed by atoms with E-state index in [9.17, 15) is 14.4 Å². The normalized spacial score (nSPS) is 23.2. The van der Waals surface area contributed by atoms with E-state index in [1.54, 1.807) is 0 Å². The maximum Gasteiger partial charge on any atom is 0.320 e. The highest BCUT2D eigenvalue weighted by molar-refractivity contribution is 5.71. The van der Waals surface area contributed by atoms with Gasteiger partial charge in [0.05, 0.1) is 12.5 Å². The number of rotatable bonds is 29. The van der Waals surface area contributed by atoms with E-state index in [1.807, 2.05) is 11.9 Å². The molecule has 4 fully saturated rings. The van der Waals surface area contributed by atoms with Gasteiger partial charge in [-0.15, -0.1) is 0 Å². The van der Waals surface area contributed by atoms with Crippen molar-refractivity contribution in [2.75, 3.05) is 40.0 Å². The van der Waals surface area contributed by atoms with Crippen LogP contribution in [-0.2, 0) is 28.6 Å². The number of unbranched alkanes of at least 4 members (excludes halogenated alkanes) is 9. The predicted molar refractivity (Wildman–Crippen MR) is 203 cm³/mol. The maximum absolute atomic E-state index is 12.8. The maximum atomic E-state index is 12.8. The van der Waals surface area contributed by atoms with Gasteiger partial charge in [0, 0.05) is 12.8 Å². The van der Waals surface area contributed by atoms with Crippen LogP contribution in [0.3, 0.4) is 0 Å². The largest absolute Gasteiger partial charge is 0.465 e. The second kappa shape index (κ2) is 24.9. The number of likely N-dealkylation sites (N-methyl/N-ethyl adjacent to an activating group) is 1. The van der Waals surface area contributed by atoms with Crippen molar-refractivity contribution < 1.29 is 28.6 Å². The minimum absolute atomic E-state index is 0.0670. The van der Waals surface area contributed by atoms with Gasteiger partial charge in [0.1, 0.15) is 19.8 Å². The van der Waals surface area contributed by atoms with Crippen LogP contribution in [0.1, 0.15) is 162 Å². The van der Waals surface area contributed by atoms with Crippen LogP contribution in [0.5, 0.6) is 0 Å². The molecule has 4 bridgehead atoms. The average molecular weight is 700 g/mol. The van der Waals surface area contributed by atoms with Crippen LogP contribution in [0.25, 0.3) is 0 Å². The Balaban J connectivity index is 1.26. The Hall–Kier alpha value is -2.15. The fraction of sp³-hybridized carbons (Fsp3) is 0.837. The standard InChI is InChI=1S/C43H73NO6/c1-4-6-7-8-9-10-11-12-13-14-15-16-17-18-19-20-22-40(45)48-33-39(35-50-42(47)32-44(3)25-5-2)34-49-41(46)23-21-24-43-29-36-26-37(30-43)28-38(27-36)31-43/h9-10,12-13,36-39H,4-8,11,14-35H2,1-3H3/b10-9-,13-12-. The van der Waals surface area contributed by atoms with Gasteiger partial charge in [-0.25, -0.2) is 0 Å². The molecule has 4 rings (SSSR count). The summed E-state index contributed by atoms with van der Waals surface area (Å²) in [4.78, 5) is 39.6. The quantitative estimate of drug-likeness (QED) is 0.0333. The van der Waals surface area contributed by atoms with Crippen molar-refractivity contribution in [3.05, 3.63) is 24.3 Å². The second-order valence-electron chi connectivity index (χ2n) is 16.3. The van der Waals surface area contributed by atoms with Crippen molar-refractivity contribution in [2.45, 2.75) is 162 Å². The molecule has 0 aromatic heterocycles. The summed E-state index contributed by atoms with van der Waals surface area (Å²) in [5, 5.41) is 0. The van der Waals surface area contributed by atoms with Crippen LogP contribution in [0, 0.1) is 29.1 Å². The second-order valence-corrected chi connectivity index (χ2v) is 16.3. The Labute approximate surface area is 305 Å². The third kappa shape index (κ3) is 17.9. The summed E-state index contributed by atoms with van der Waals surface area (Å²) in [6.45, 7) is 5.57. The molecule has 0 heterocycles. The molecule has 0 radical (unpaired) electrons. The first-order valence-corrected chi connectivity index (χ1v) is 20.8. The van der Waals surface area contributed by atoms with Crippen molar-refractivity contribution >= 4 is 17.9 Å². The van der Waals surface area contributed by atoms with E-state index >= 15 is 0 Å². The van der Waals surface area contributed by atoms with Gasteiger partial charge >= 0.3 is 17.9 Å². The number of hydrogen-bond acceptors (Lipinski definition) is 7. The van der Waals surface area contributed by atoms with E-state index in [0.717, 1.165) is 75.7 Å². The molecule has 4 aliphatic carbocycles. The summed E-state index contributed by atoms with van der Waals surface area (Å²) in [5.41, 5.74) is 0.465. The first-order valence-electron chi connectivity index (χ1n) is 20.8. The molecule has 0 aliphatic heterocycles. The van der Waals surface area contributed by atoms with Crippen molar-refractivity contribution in [3.63, 3.8) is 0 Å². The topological polar surface area (TPSA) is 82.1 Å². The highest BCUT2D eigenvalue weighted by atomic mass is 16.6. The molecule has 0 spiro atoms. The lowest BCUT2D eigenvalue weighted by molar-refractivity contribution is -0.153. The third-order valence-electron chi connectivity index (χ3n) is 11.3. The number of carbonyl (C=O) groups excluding carboxylic acids is 3. The molecule has 286 valence electrons. The summed E-state index contributed by atoms with van der Waals surface area (Å²) in [6, 6.07) is 0. The first-order chi connectivity index (χ1) is 24.3. The summed E-state index contributed by atoms with van der Waals surface area (Å²) >= 11 is 0. The van der Waals surface area contributed by atoms with Gasteiger partial charge in [0.2, 0.25) is 0 Å². The summed E-state index contributed by atoms with van der Waals surface area (Å²) in [5.74, 6) is 1.61. The number of allylic oxidation sites excluding steroid dienone is 4. The fourth-order valence-electron chi connectivity index (χ4n) is 9.11. The van der Waals surface area contributed by atoms with Crippen LogP contribution in [0.15, 0.2) is 24.3 Å². The molecule has 4 aliphatic rings. The summed E-state index contributed by atoms with van der Waals surface area (Å²) in [7, 11) is 1.89. The van der Waals surface area contributed by atoms with Gasteiger partial charge < -0.3 is 14.2 Å². The van der Waals surface area contributed by atoms with Gasteiger partial charge in [-0.2, -0.15) is 0 Å². The number of hydrogen-bond donors (Lipinski definition) is 0. The summed E-state index contributed by atoms with van der Waals surface area (Å²) < 4.78 is 16.8. The van der Waals surface area contributed by atoms with E-state index in [-0.39, 0.29) is 50.2 Å². The van der Waals surface area contributed by atoms with Gasteiger partial charge in [0.25, 0.3) is 0 Å². The van der Waals surface area contributed by atoms with Crippen LogP contribution >= 0.6 is 0 Å². The SMILES string of the molecule is CCCCC/C=C\C/C=C\CCCCCCCCC(=O)OCC(COC(=O)CCCC12CC3CC(CC(C3)C1)C2)COC(=O)CN(C)CCC. The van der Waals surface area contributed by atoms with Crippen molar-refractivity contribution in [1.82, 2.24) is 4.90 Å². The van der Waals surface area contributed by atoms with Crippen molar-refractivity contribution in [1.29, 1.82) is 0 Å². The Morgan fingerprint density at radius 2 is 1.14 bits per heavy atom. The molecule has 0 amide bonds. The zero-order chi connectivity index (χ0) is 35.9. The van der Waals surface area contributed by atoms with Crippen LogP contribution in [0.4, 0.5) is 0 Å². The van der Waals surface area contributed by atoms with E-state index in [4.69, 9.17) is 14.2 Å². The molecule has 50 heavy (non-hydrogen) atoms. The third-order valence-corrected chi connectivity index (χ3v) is 11.3. The van der Waals surface area contributed by atoms with Gasteiger partial charge in [-0.1, -0.05) is 76.7 Å². The molecule has 7 heteroatoms. The zero-order valence-electron chi connectivity index (χ0n) is 32.3. The molecular formula is C43H73NO6. The lowest BCUT2D eigenvalue weighted by Crippen LogP contribution is -2.45. The number of esters is 3. The molecule has 0 N–H and O–H groups in total. The molecule has 4 saturated carbocycles. The Morgan fingerprint density at radius 1 is 0.640 bits per heavy atom. The molecule has 1 unspecified atom stereocenters. The van der Waals surface area contributed by atoms with Crippen molar-refractivity contribution in [3.8, 4) is 0 Å². The van der Waals surface area contributed by atoms with Crippen LogP contribution in [0.2, 0.25) is 0 Å². The smallest absolute Gasteiger partial charge is 0.320 e. The van der Waals surface area contributed by atoms with Crippen LogP contribution in [-0.4, -0.2) is 62.8 Å². The molecule has 0 saturated heterocycles. The fourth-order valence-corrected chi connectivity index (χ4v) is 9.11. The van der Waals surface area contributed by atoms with Crippen LogP contribution < -0.4 is 0 Å². The molecular weight excluding hydrogens is 626 g/mol. The van der Waals surface area contributed by atoms with Gasteiger partial charge in [-0.3, -0.25) is 19.3 Å². The number of carbonyl (C=O) groups is 3. The molecule has 0 aromatic rings. The Bertz CT molecular complexity index is 986. The van der Waals surface area contributed by atoms with Crippen molar-refractivity contribution in [2.24, 2.45) is 29.1 Å². The Morgan fingerprint density at radius 3 is 1.70 bits per heavy atom. The van der Waals surface area contributed by atoms with E-state index in [0.29, 0.717) is 18.3 Å². The molecule has 0 aromatic carbocycles. The minimum atomic E-state index is -0.373. The highest BCUT2D eigenvalue weighted by Crippen LogP contribution is 2.61. The summed E-state index contributed by atoms with van der Waals surface area (Å²) in [6.07, 6.45) is 35.1. The van der Waals surface area contributed by atoms with Gasteiger partial charge in [0.15, 0.2) is 0 Å². The predicted octanol–water partition coefficient (Wildman–Crippen LogP) is 10.2. The molecule has 7 nitrogen and oxygen atoms in total. The number of nitrogens with zero attached hydrogens (tertiary/aromatic N) is 1. The first kappa shape index (κ1) is 42.3.